The number of nitrogens with zero attached hydrogens (tertiary/aromatic N) is 4. The number of rotatable bonds is 9. The number of halogens is 2. The van der Waals surface area contributed by atoms with Gasteiger partial charge in [0.05, 0.1) is 0 Å². The third kappa shape index (κ3) is 4.40. The Hall–Kier alpha value is -1.29. The Morgan fingerprint density at radius 2 is 1.97 bits per heavy atom. The smallest absolute Gasteiger partial charge is 0.248 e. The normalized spacial score (nSPS) is 36.3. The first-order valence-electron chi connectivity index (χ1n) is 14.8. The fraction of sp³-hybridized carbons (Fsp3) is 0.828. The number of likely N-dealkylation sites (tertiary alicyclic amines) is 1. The Balaban J connectivity index is 1.12. The zero-order chi connectivity index (χ0) is 26.8. The van der Waals surface area contributed by atoms with E-state index in [2.05, 4.69) is 63.5 Å². The zero-order valence-corrected chi connectivity index (χ0v) is 24.1. The molecule has 0 aromatic carbocycles. The monoisotopic (exact) mass is 549 g/mol. The highest BCUT2D eigenvalue weighted by atomic mass is 32.1. The van der Waals surface area contributed by atoms with Crippen molar-refractivity contribution in [2.24, 2.45) is 22.4 Å². The van der Waals surface area contributed by atoms with Crippen LogP contribution in [-0.4, -0.2) is 75.7 Å². The number of hydrogen-bond acceptors (Lipinski definition) is 7. The second-order valence-corrected chi connectivity index (χ2v) is 14.1. The van der Waals surface area contributed by atoms with Crippen molar-refractivity contribution < 1.29 is 13.9 Å². The van der Waals surface area contributed by atoms with Crippen molar-refractivity contribution >= 4 is 17.2 Å². The van der Waals surface area contributed by atoms with Crippen LogP contribution in [0.2, 0.25) is 0 Å². The van der Waals surface area contributed by atoms with Crippen LogP contribution in [0.25, 0.3) is 0 Å². The van der Waals surface area contributed by atoms with Crippen LogP contribution in [0, 0.1) is 17.3 Å². The third-order valence-corrected chi connectivity index (χ3v) is 11.8. The second kappa shape index (κ2) is 9.96. The highest BCUT2D eigenvalue weighted by Gasteiger charge is 2.69. The maximum absolute atomic E-state index is 13.8. The van der Waals surface area contributed by atoms with Crippen molar-refractivity contribution in [1.82, 2.24) is 20.1 Å². The van der Waals surface area contributed by atoms with Crippen molar-refractivity contribution in [1.29, 1.82) is 0 Å². The van der Waals surface area contributed by atoms with Crippen LogP contribution in [0.15, 0.2) is 22.6 Å². The van der Waals surface area contributed by atoms with Gasteiger partial charge in [-0.15, -0.1) is 11.3 Å². The molecule has 212 valence electrons. The molecule has 0 bridgehead atoms. The van der Waals surface area contributed by atoms with Gasteiger partial charge in [0, 0.05) is 53.8 Å². The van der Waals surface area contributed by atoms with Gasteiger partial charge in [-0.25, -0.2) is 8.78 Å². The minimum Gasteiger partial charge on any atom is -0.378 e. The molecule has 2 N–H and O–H groups in total. The van der Waals surface area contributed by atoms with Crippen LogP contribution in [0.4, 0.5) is 8.78 Å². The molecular formula is C29H45F2N5OS. The Morgan fingerprint density at radius 3 is 2.61 bits per heavy atom. The maximum atomic E-state index is 13.8. The van der Waals surface area contributed by atoms with Gasteiger partial charge in [-0.3, -0.25) is 15.2 Å². The van der Waals surface area contributed by atoms with E-state index in [-0.39, 0.29) is 24.8 Å². The van der Waals surface area contributed by atoms with Gasteiger partial charge in [-0.2, -0.15) is 5.10 Å². The first-order valence-corrected chi connectivity index (χ1v) is 15.6. The van der Waals surface area contributed by atoms with E-state index in [1.807, 2.05) is 7.05 Å². The zero-order valence-electron chi connectivity index (χ0n) is 23.3. The van der Waals surface area contributed by atoms with Crippen molar-refractivity contribution in [2.45, 2.75) is 121 Å². The minimum absolute atomic E-state index is 0.0890. The number of hydrazone groups is 1. The lowest BCUT2D eigenvalue weighted by Crippen LogP contribution is -2.74. The molecule has 3 aliphatic carbocycles. The fourth-order valence-electron chi connectivity index (χ4n) is 8.66. The number of aliphatic hydroxyl groups is 1. The average Bonchev–Trinajstić information content (AvgIpc) is 3.61. The largest absolute Gasteiger partial charge is 0.378 e. The van der Waals surface area contributed by atoms with Gasteiger partial charge >= 0.3 is 0 Å². The van der Waals surface area contributed by atoms with Gasteiger partial charge in [-0.1, -0.05) is 19.9 Å². The fourth-order valence-corrected chi connectivity index (χ4v) is 9.57. The number of nitrogens with one attached hydrogen (secondary N) is 1. The van der Waals surface area contributed by atoms with Crippen molar-refractivity contribution in [2.75, 3.05) is 13.6 Å². The van der Waals surface area contributed by atoms with Gasteiger partial charge in [0.15, 0.2) is 0 Å². The van der Waals surface area contributed by atoms with Gasteiger partial charge in [-0.05, 0) is 82.2 Å². The Labute approximate surface area is 230 Å². The molecular weight excluding hydrogens is 504 g/mol. The molecule has 38 heavy (non-hydrogen) atoms. The molecule has 7 atom stereocenters. The third-order valence-electron chi connectivity index (χ3n) is 10.8. The molecule has 0 amide bonds. The topological polar surface area (TPSA) is 54.3 Å². The number of aliphatic hydroxyl groups excluding tert-OH is 1. The van der Waals surface area contributed by atoms with Crippen molar-refractivity contribution in [3.63, 3.8) is 0 Å². The van der Waals surface area contributed by atoms with Gasteiger partial charge < -0.3 is 10.0 Å². The molecule has 6 nitrogen and oxygen atoms in total. The van der Waals surface area contributed by atoms with Crippen LogP contribution >= 0.6 is 11.3 Å². The van der Waals surface area contributed by atoms with E-state index in [4.69, 9.17) is 0 Å². The molecule has 1 spiro atoms. The molecule has 5 unspecified atom stereocenters. The van der Waals surface area contributed by atoms with E-state index in [0.29, 0.717) is 48.5 Å². The molecule has 1 aromatic rings. The number of hydrogen-bond donors (Lipinski definition) is 2. The summed E-state index contributed by atoms with van der Waals surface area (Å²) < 4.78 is 27.5. The number of piperidine rings is 1. The van der Waals surface area contributed by atoms with Crippen LogP contribution in [0.1, 0.15) is 89.5 Å². The summed E-state index contributed by atoms with van der Waals surface area (Å²) in [5.74, 6) is -1.03. The van der Waals surface area contributed by atoms with E-state index in [0.717, 1.165) is 18.8 Å². The van der Waals surface area contributed by atoms with E-state index >= 15 is 0 Å². The number of thiophene rings is 1. The lowest BCUT2D eigenvalue weighted by atomic mass is 9.53. The van der Waals surface area contributed by atoms with E-state index in [9.17, 15) is 13.9 Å². The van der Waals surface area contributed by atoms with Crippen LogP contribution < -0.4 is 5.43 Å². The summed E-state index contributed by atoms with van der Waals surface area (Å²) in [7, 11) is 1.99. The lowest BCUT2D eigenvalue weighted by Gasteiger charge is -2.68. The summed E-state index contributed by atoms with van der Waals surface area (Å²) in [5.41, 5.74) is 3.86. The average molecular weight is 550 g/mol. The lowest BCUT2D eigenvalue weighted by molar-refractivity contribution is -0.190. The Kier molecular flexibility index (Phi) is 7.06. The molecule has 4 fully saturated rings. The SMILES string of the molecule is CC1=NNC(C(C)C)N1[C@@H]1CC2N(CC[C@@H](c3cccs3)N(C)C(O)C3CCC(F)(F)CC3)C3CCC32C1. The molecule has 9 heteroatoms. The number of alkyl halides is 2. The van der Waals surface area contributed by atoms with Crippen molar-refractivity contribution in [3.8, 4) is 0 Å². The predicted molar refractivity (Wildman–Crippen MR) is 148 cm³/mol. The van der Waals surface area contributed by atoms with Crippen LogP contribution in [-0.2, 0) is 0 Å². The summed E-state index contributed by atoms with van der Waals surface area (Å²) in [6.45, 7) is 7.70. The van der Waals surface area contributed by atoms with Crippen LogP contribution in [0.3, 0.4) is 0 Å². The first-order chi connectivity index (χ1) is 18.1. The summed E-state index contributed by atoms with van der Waals surface area (Å²) in [6, 6.07) is 6.20. The highest BCUT2D eigenvalue weighted by molar-refractivity contribution is 7.10. The Bertz CT molecular complexity index is 1010. The summed E-state index contributed by atoms with van der Waals surface area (Å²) in [6.07, 6.45) is 6.22. The van der Waals surface area contributed by atoms with Gasteiger partial charge in [0.25, 0.3) is 0 Å². The molecule has 3 heterocycles. The molecule has 6 rings (SSSR count). The molecule has 1 aromatic heterocycles. The molecule has 2 aliphatic heterocycles. The Morgan fingerprint density at radius 1 is 1.21 bits per heavy atom. The maximum Gasteiger partial charge on any atom is 0.248 e. The quantitative estimate of drug-likeness (QED) is 0.400. The summed E-state index contributed by atoms with van der Waals surface area (Å²) >= 11 is 1.74. The highest BCUT2D eigenvalue weighted by Crippen LogP contribution is 2.66. The number of amidine groups is 1. The predicted octanol–water partition coefficient (Wildman–Crippen LogP) is 5.47. The van der Waals surface area contributed by atoms with E-state index in [1.165, 1.54) is 30.6 Å². The molecule has 1 saturated heterocycles. The summed E-state index contributed by atoms with van der Waals surface area (Å²) in [5, 5.41) is 18.0. The van der Waals surface area contributed by atoms with Gasteiger partial charge in [0.2, 0.25) is 5.92 Å². The second-order valence-electron chi connectivity index (χ2n) is 13.1. The van der Waals surface area contributed by atoms with E-state index in [1.54, 1.807) is 11.3 Å². The first kappa shape index (κ1) is 26.9. The molecule has 3 saturated carbocycles. The molecule has 5 aliphatic rings. The standard InChI is InChI=1S/C29H45F2N5OS/c1-18(2)26-33-32-19(3)36(26)21-16-25-28(17-21)11-9-24(28)35(25)14-10-22(23-6-5-15-38-23)34(4)27(37)20-7-12-29(30,31)13-8-20/h5-6,15,18,20-22,24-27,33,37H,7-14,16-17H2,1-4H3/t21-,22+,24?,25?,26?,27?,28?/m1/s1. The van der Waals surface area contributed by atoms with Crippen LogP contribution in [0.5, 0.6) is 0 Å². The van der Waals surface area contributed by atoms with Gasteiger partial charge in [0.1, 0.15) is 18.2 Å². The molecule has 0 radical (unpaired) electrons. The van der Waals surface area contributed by atoms with E-state index < -0.39 is 12.2 Å². The van der Waals surface area contributed by atoms with Crippen molar-refractivity contribution in [3.05, 3.63) is 22.4 Å². The summed E-state index contributed by atoms with van der Waals surface area (Å²) in [4.78, 5) is 8.67. The minimum atomic E-state index is -2.57.